The summed E-state index contributed by atoms with van der Waals surface area (Å²) in [5.74, 6) is -0.328. The predicted molar refractivity (Wildman–Crippen MR) is 131 cm³/mol. The molecule has 0 aliphatic carbocycles. The summed E-state index contributed by atoms with van der Waals surface area (Å²) in [6.45, 7) is 2.60. The minimum atomic E-state index is -0.670. The molecule has 1 aromatic heterocycles. The molecule has 0 radical (unpaired) electrons. The van der Waals surface area contributed by atoms with Crippen molar-refractivity contribution in [1.29, 1.82) is 0 Å². The van der Waals surface area contributed by atoms with Crippen LogP contribution in [0.5, 0.6) is 11.5 Å². The standard InChI is InChI=1S/C25H28F2N6O3/c1-35-19-12-17-22(21(27)23(19)36-2)30-25(31-24(17)28)33-9-7-32(8-10-33)20(34)13-18-16-4-3-15(26)11-14(16)5-6-29-18/h3-4,11-12,18,29H,5-10,13H2,1-2H3,(H2,28,30,31). The van der Waals surface area contributed by atoms with Gasteiger partial charge in [-0.25, -0.2) is 13.8 Å². The van der Waals surface area contributed by atoms with Crippen molar-refractivity contribution < 1.29 is 23.0 Å². The van der Waals surface area contributed by atoms with E-state index in [-0.39, 0.29) is 40.6 Å². The van der Waals surface area contributed by atoms with Crippen molar-refractivity contribution in [1.82, 2.24) is 20.2 Å². The van der Waals surface area contributed by atoms with Gasteiger partial charge in [0.05, 0.1) is 14.2 Å². The van der Waals surface area contributed by atoms with E-state index in [1.54, 1.807) is 23.1 Å². The average Bonchev–Trinajstić information content (AvgIpc) is 2.88. The van der Waals surface area contributed by atoms with Gasteiger partial charge >= 0.3 is 0 Å². The highest BCUT2D eigenvalue weighted by Gasteiger charge is 2.28. The number of halogens is 2. The molecule has 3 N–H and O–H groups in total. The smallest absolute Gasteiger partial charge is 0.228 e. The number of piperazine rings is 1. The second-order valence-electron chi connectivity index (χ2n) is 8.90. The van der Waals surface area contributed by atoms with Crippen LogP contribution in [-0.4, -0.2) is 67.7 Å². The van der Waals surface area contributed by atoms with E-state index in [1.807, 2.05) is 4.90 Å². The number of nitrogen functional groups attached to an aromatic ring is 1. The zero-order valence-corrected chi connectivity index (χ0v) is 20.2. The first-order valence-electron chi connectivity index (χ1n) is 11.8. The number of fused-ring (bicyclic) bond motifs is 2. The van der Waals surface area contributed by atoms with Crippen molar-refractivity contribution in [3.05, 3.63) is 47.0 Å². The second kappa shape index (κ2) is 9.73. The zero-order chi connectivity index (χ0) is 25.4. The third-order valence-corrected chi connectivity index (χ3v) is 6.85. The lowest BCUT2D eigenvalue weighted by Gasteiger charge is -2.36. The maximum Gasteiger partial charge on any atom is 0.228 e. The molecule has 0 bridgehead atoms. The minimum Gasteiger partial charge on any atom is -0.493 e. The summed E-state index contributed by atoms with van der Waals surface area (Å²) in [5.41, 5.74) is 8.11. The van der Waals surface area contributed by atoms with Crippen LogP contribution in [0.3, 0.4) is 0 Å². The number of aromatic nitrogens is 2. The summed E-state index contributed by atoms with van der Waals surface area (Å²) in [4.78, 5) is 25.5. The van der Waals surface area contributed by atoms with Crippen LogP contribution in [0, 0.1) is 11.6 Å². The molecule has 190 valence electrons. The molecule has 1 saturated heterocycles. The predicted octanol–water partition coefficient (Wildman–Crippen LogP) is 2.43. The molecule has 0 saturated carbocycles. The Morgan fingerprint density at radius 3 is 2.64 bits per heavy atom. The van der Waals surface area contributed by atoms with Gasteiger partial charge in [0.25, 0.3) is 0 Å². The highest BCUT2D eigenvalue weighted by molar-refractivity contribution is 5.92. The van der Waals surface area contributed by atoms with Crippen molar-refractivity contribution in [2.45, 2.75) is 18.9 Å². The van der Waals surface area contributed by atoms with E-state index in [0.717, 1.165) is 17.5 Å². The van der Waals surface area contributed by atoms with Crippen LogP contribution in [-0.2, 0) is 11.2 Å². The number of hydrogen-bond acceptors (Lipinski definition) is 8. The summed E-state index contributed by atoms with van der Waals surface area (Å²) >= 11 is 0. The summed E-state index contributed by atoms with van der Waals surface area (Å²) in [7, 11) is 2.77. The Kier molecular flexibility index (Phi) is 6.48. The molecule has 3 aromatic rings. The lowest BCUT2D eigenvalue weighted by atomic mass is 9.92. The van der Waals surface area contributed by atoms with Crippen molar-refractivity contribution in [2.75, 3.05) is 57.6 Å². The summed E-state index contributed by atoms with van der Waals surface area (Å²) in [6, 6.07) is 6.16. The third-order valence-electron chi connectivity index (χ3n) is 6.85. The second-order valence-corrected chi connectivity index (χ2v) is 8.90. The first-order chi connectivity index (χ1) is 17.4. The van der Waals surface area contributed by atoms with Gasteiger partial charge in [0, 0.05) is 44.0 Å². The third kappa shape index (κ3) is 4.34. The largest absolute Gasteiger partial charge is 0.493 e. The topological polar surface area (TPSA) is 106 Å². The van der Waals surface area contributed by atoms with Gasteiger partial charge in [-0.3, -0.25) is 4.79 Å². The van der Waals surface area contributed by atoms with Gasteiger partial charge < -0.3 is 30.3 Å². The molecule has 5 rings (SSSR count). The molecule has 2 aliphatic heterocycles. The number of benzene rings is 2. The maximum absolute atomic E-state index is 15.1. The van der Waals surface area contributed by atoms with Gasteiger partial charge in [-0.2, -0.15) is 4.98 Å². The fourth-order valence-electron chi connectivity index (χ4n) is 4.94. The highest BCUT2D eigenvalue weighted by atomic mass is 19.1. The van der Waals surface area contributed by atoms with Gasteiger partial charge in [0.2, 0.25) is 11.9 Å². The molecule has 0 spiro atoms. The van der Waals surface area contributed by atoms with Crippen LogP contribution in [0.1, 0.15) is 23.6 Å². The molecule has 9 nitrogen and oxygen atoms in total. The van der Waals surface area contributed by atoms with Crippen LogP contribution < -0.4 is 25.4 Å². The summed E-state index contributed by atoms with van der Waals surface area (Å²) in [6.07, 6.45) is 1.04. The lowest BCUT2D eigenvalue weighted by molar-refractivity contribution is -0.132. The Labute approximate surface area is 207 Å². The number of carbonyl (C=O) groups excluding carboxylic acids is 1. The molecular formula is C25H28F2N6O3. The van der Waals surface area contributed by atoms with Crippen LogP contribution in [0.25, 0.3) is 10.9 Å². The fraction of sp³-hybridized carbons (Fsp3) is 0.400. The molecule has 2 aromatic carbocycles. The first-order valence-corrected chi connectivity index (χ1v) is 11.8. The summed E-state index contributed by atoms with van der Waals surface area (Å²) < 4.78 is 39.1. The number of nitrogens with one attached hydrogen (secondary N) is 1. The Morgan fingerprint density at radius 2 is 1.92 bits per heavy atom. The van der Waals surface area contributed by atoms with E-state index in [0.29, 0.717) is 50.5 Å². The molecular weight excluding hydrogens is 470 g/mol. The van der Waals surface area contributed by atoms with Gasteiger partial charge in [-0.15, -0.1) is 0 Å². The van der Waals surface area contributed by atoms with Crippen molar-refractivity contribution in [3.63, 3.8) is 0 Å². The Morgan fingerprint density at radius 1 is 1.14 bits per heavy atom. The van der Waals surface area contributed by atoms with E-state index in [9.17, 15) is 9.18 Å². The van der Waals surface area contributed by atoms with E-state index >= 15 is 4.39 Å². The molecule has 11 heteroatoms. The lowest BCUT2D eigenvalue weighted by Crippen LogP contribution is -2.50. The number of nitrogens with zero attached hydrogens (tertiary/aromatic N) is 4. The molecule has 1 unspecified atom stereocenters. The SMILES string of the molecule is COc1cc2c(N)nc(N3CCN(C(=O)CC4NCCc5cc(F)ccc54)CC3)nc2c(F)c1OC. The molecule has 2 aliphatic rings. The number of methoxy groups -OCH3 is 2. The van der Waals surface area contributed by atoms with Crippen LogP contribution in [0.15, 0.2) is 24.3 Å². The van der Waals surface area contributed by atoms with E-state index in [4.69, 9.17) is 15.2 Å². The van der Waals surface area contributed by atoms with Gasteiger partial charge in [-0.05, 0) is 42.3 Å². The summed E-state index contributed by atoms with van der Waals surface area (Å²) in [5, 5.41) is 3.71. The van der Waals surface area contributed by atoms with Crippen molar-refractivity contribution in [2.24, 2.45) is 0 Å². The monoisotopic (exact) mass is 498 g/mol. The van der Waals surface area contributed by atoms with Gasteiger partial charge in [0.1, 0.15) is 17.2 Å². The number of nitrogens with two attached hydrogens (primary N) is 1. The van der Waals surface area contributed by atoms with Gasteiger partial charge in [-0.1, -0.05) is 6.07 Å². The van der Waals surface area contributed by atoms with Crippen LogP contribution >= 0.6 is 0 Å². The Balaban J connectivity index is 1.29. The maximum atomic E-state index is 15.1. The van der Waals surface area contributed by atoms with E-state index in [2.05, 4.69) is 15.3 Å². The fourth-order valence-corrected chi connectivity index (χ4v) is 4.94. The molecule has 1 amide bonds. The average molecular weight is 499 g/mol. The Bertz CT molecular complexity index is 1310. The number of rotatable bonds is 5. The first kappa shape index (κ1) is 24.0. The van der Waals surface area contributed by atoms with Crippen LogP contribution in [0.4, 0.5) is 20.5 Å². The molecule has 1 fully saturated rings. The normalized spacial score (nSPS) is 17.7. The number of amides is 1. The van der Waals surface area contributed by atoms with Crippen molar-refractivity contribution in [3.8, 4) is 11.5 Å². The zero-order valence-electron chi connectivity index (χ0n) is 20.2. The quantitative estimate of drug-likeness (QED) is 0.553. The van der Waals surface area contributed by atoms with Crippen LogP contribution in [0.2, 0.25) is 0 Å². The minimum absolute atomic E-state index is 0.0196. The van der Waals surface area contributed by atoms with Crippen molar-refractivity contribution >= 4 is 28.6 Å². The Hall–Kier alpha value is -3.73. The molecule has 1 atom stereocenters. The highest BCUT2D eigenvalue weighted by Crippen LogP contribution is 2.37. The number of hydrogen-bond donors (Lipinski definition) is 2. The van der Waals surface area contributed by atoms with E-state index in [1.165, 1.54) is 20.3 Å². The number of anilines is 2. The molecule has 36 heavy (non-hydrogen) atoms. The number of ether oxygens (including phenoxy) is 2. The molecule has 3 heterocycles. The van der Waals surface area contributed by atoms with E-state index < -0.39 is 5.82 Å². The van der Waals surface area contributed by atoms with Gasteiger partial charge in [0.15, 0.2) is 17.3 Å². The number of carbonyl (C=O) groups is 1.